The fourth-order valence-electron chi connectivity index (χ4n) is 3.19. The van der Waals surface area contributed by atoms with Crippen molar-refractivity contribution in [2.45, 2.75) is 37.6 Å². The Labute approximate surface area is 178 Å². The lowest BCUT2D eigenvalue weighted by Crippen LogP contribution is -2.35. The minimum absolute atomic E-state index is 0.0315. The summed E-state index contributed by atoms with van der Waals surface area (Å²) in [5, 5.41) is 9.72. The van der Waals surface area contributed by atoms with Crippen LogP contribution in [0.5, 0.6) is 0 Å². The van der Waals surface area contributed by atoms with Gasteiger partial charge in [-0.2, -0.15) is 0 Å². The van der Waals surface area contributed by atoms with Crippen molar-refractivity contribution in [1.29, 1.82) is 0 Å². The van der Waals surface area contributed by atoms with Gasteiger partial charge in [0.05, 0.1) is 22.3 Å². The zero-order valence-corrected chi connectivity index (χ0v) is 18.2. The Morgan fingerprint density at radius 2 is 1.87 bits per heavy atom. The van der Waals surface area contributed by atoms with E-state index in [0.29, 0.717) is 17.1 Å². The van der Waals surface area contributed by atoms with E-state index < -0.39 is 27.7 Å². The van der Waals surface area contributed by atoms with Gasteiger partial charge in [-0.1, -0.05) is 25.1 Å². The zero-order valence-electron chi connectivity index (χ0n) is 16.5. The highest BCUT2D eigenvalue weighted by Gasteiger charge is 2.35. The second-order valence-electron chi connectivity index (χ2n) is 6.67. The third-order valence-corrected chi connectivity index (χ3v) is 7.80. The van der Waals surface area contributed by atoms with Crippen molar-refractivity contribution in [3.63, 3.8) is 0 Å². The van der Waals surface area contributed by atoms with Crippen molar-refractivity contribution in [1.82, 2.24) is 4.98 Å². The summed E-state index contributed by atoms with van der Waals surface area (Å²) in [6.45, 7) is 3.47. The summed E-state index contributed by atoms with van der Waals surface area (Å²) in [6, 6.07) is 9.54. The topological polar surface area (TPSA) is 70.5 Å². The molecule has 0 radical (unpaired) electrons. The highest BCUT2D eigenvalue weighted by molar-refractivity contribution is 7.92. The Balaban J connectivity index is 2.23. The van der Waals surface area contributed by atoms with Crippen LogP contribution in [0.25, 0.3) is 0 Å². The van der Waals surface area contributed by atoms with Crippen LogP contribution >= 0.6 is 11.3 Å². The summed E-state index contributed by atoms with van der Waals surface area (Å²) < 4.78 is 56.8. The predicted octanol–water partition coefficient (Wildman–Crippen LogP) is 4.61. The number of sulfonamides is 1. The summed E-state index contributed by atoms with van der Waals surface area (Å²) >= 11 is 1.27. The van der Waals surface area contributed by atoms with E-state index in [1.165, 1.54) is 23.5 Å². The van der Waals surface area contributed by atoms with E-state index in [0.717, 1.165) is 27.4 Å². The molecule has 3 aromatic rings. The van der Waals surface area contributed by atoms with Gasteiger partial charge in [0.1, 0.15) is 16.6 Å². The molecular formula is C21H22F2N2O3S2. The maximum Gasteiger partial charge on any atom is 0.265 e. The van der Waals surface area contributed by atoms with E-state index >= 15 is 0 Å². The molecule has 0 spiro atoms. The van der Waals surface area contributed by atoms with E-state index in [1.54, 1.807) is 32.0 Å². The molecule has 0 aliphatic heterocycles. The van der Waals surface area contributed by atoms with E-state index in [-0.39, 0.29) is 23.6 Å². The molecule has 0 saturated heterocycles. The van der Waals surface area contributed by atoms with Crippen LogP contribution in [0.3, 0.4) is 0 Å². The monoisotopic (exact) mass is 452 g/mol. The molecule has 3 rings (SSSR count). The van der Waals surface area contributed by atoms with Crippen LogP contribution in [-0.2, 0) is 16.4 Å². The lowest BCUT2D eigenvalue weighted by molar-refractivity contribution is 0.300. The van der Waals surface area contributed by atoms with Crippen molar-refractivity contribution in [3.8, 4) is 0 Å². The second kappa shape index (κ2) is 9.20. The number of rotatable bonds is 8. The molecule has 9 heteroatoms. The van der Waals surface area contributed by atoms with Gasteiger partial charge in [-0.05, 0) is 37.6 Å². The maximum atomic E-state index is 14.8. The molecule has 0 aliphatic carbocycles. The van der Waals surface area contributed by atoms with Gasteiger partial charge in [-0.15, -0.1) is 11.3 Å². The van der Waals surface area contributed by atoms with Gasteiger partial charge in [-0.25, -0.2) is 22.2 Å². The van der Waals surface area contributed by atoms with Gasteiger partial charge in [0.2, 0.25) is 0 Å². The Bertz CT molecular complexity index is 1120. The van der Waals surface area contributed by atoms with Crippen molar-refractivity contribution in [3.05, 3.63) is 75.7 Å². The fraction of sp³-hybridized carbons (Fsp3) is 0.286. The molecular weight excluding hydrogens is 430 g/mol. The van der Waals surface area contributed by atoms with Crippen LogP contribution in [0.4, 0.5) is 14.5 Å². The molecule has 5 nitrogen and oxygen atoms in total. The van der Waals surface area contributed by atoms with Crippen LogP contribution in [0, 0.1) is 18.6 Å². The number of aliphatic hydroxyl groups is 1. The zero-order chi connectivity index (χ0) is 21.9. The first-order chi connectivity index (χ1) is 14.3. The van der Waals surface area contributed by atoms with Crippen molar-refractivity contribution in [2.24, 2.45) is 0 Å². The molecule has 1 aromatic heterocycles. The highest BCUT2D eigenvalue weighted by atomic mass is 32.2. The number of anilines is 1. The summed E-state index contributed by atoms with van der Waals surface area (Å²) in [6.07, 6.45) is 0.674. The van der Waals surface area contributed by atoms with Gasteiger partial charge >= 0.3 is 0 Å². The molecule has 160 valence electrons. The number of thiazole rings is 1. The largest absolute Gasteiger partial charge is 0.396 e. The molecule has 1 atom stereocenters. The first kappa shape index (κ1) is 22.3. The average molecular weight is 453 g/mol. The molecule has 0 saturated carbocycles. The van der Waals surface area contributed by atoms with E-state index in [9.17, 15) is 22.3 Å². The second-order valence-corrected chi connectivity index (χ2v) is 9.60. The van der Waals surface area contributed by atoms with Gasteiger partial charge in [-0.3, -0.25) is 4.31 Å². The molecule has 1 heterocycles. The number of hydrogen-bond acceptors (Lipinski definition) is 5. The number of benzene rings is 2. The number of aryl methyl sites for hydroxylation is 1. The highest BCUT2D eigenvalue weighted by Crippen LogP contribution is 2.39. The SMILES string of the molecule is CCC(c1nc(C)c(CCO)s1)N(c1cc(F)ccc1F)S(=O)(=O)c1ccccc1. The van der Waals surface area contributed by atoms with Crippen LogP contribution in [-0.4, -0.2) is 25.1 Å². The van der Waals surface area contributed by atoms with Gasteiger partial charge in [0.25, 0.3) is 10.0 Å². The van der Waals surface area contributed by atoms with Crippen LogP contribution in [0.15, 0.2) is 53.4 Å². The number of halogens is 2. The summed E-state index contributed by atoms with van der Waals surface area (Å²) in [4.78, 5) is 5.28. The van der Waals surface area contributed by atoms with Crippen LogP contribution < -0.4 is 4.31 Å². The maximum absolute atomic E-state index is 14.8. The molecule has 0 aliphatic rings. The average Bonchev–Trinajstić information content (AvgIpc) is 3.09. The van der Waals surface area contributed by atoms with Gasteiger partial charge in [0, 0.05) is 24.0 Å². The molecule has 2 aromatic carbocycles. The summed E-state index contributed by atoms with van der Waals surface area (Å²) in [5.74, 6) is -1.59. The van der Waals surface area contributed by atoms with E-state index in [4.69, 9.17) is 0 Å². The Kier molecular flexibility index (Phi) is 6.84. The molecule has 1 N–H and O–H groups in total. The smallest absolute Gasteiger partial charge is 0.265 e. The quantitative estimate of drug-likeness (QED) is 0.542. The third-order valence-electron chi connectivity index (χ3n) is 4.65. The number of hydrogen-bond donors (Lipinski definition) is 1. The number of nitrogens with zero attached hydrogens (tertiary/aromatic N) is 2. The molecule has 0 amide bonds. The minimum Gasteiger partial charge on any atom is -0.396 e. The Morgan fingerprint density at radius 3 is 2.50 bits per heavy atom. The number of aliphatic hydroxyl groups excluding tert-OH is 1. The molecule has 0 fully saturated rings. The summed E-state index contributed by atoms with van der Waals surface area (Å²) in [5.41, 5.74) is 0.307. The normalized spacial score (nSPS) is 12.7. The predicted molar refractivity (Wildman–Crippen MR) is 113 cm³/mol. The van der Waals surface area contributed by atoms with Gasteiger partial charge in [0.15, 0.2) is 0 Å². The summed E-state index contributed by atoms with van der Waals surface area (Å²) in [7, 11) is -4.22. The first-order valence-electron chi connectivity index (χ1n) is 9.41. The molecule has 0 bridgehead atoms. The number of aromatic nitrogens is 1. The van der Waals surface area contributed by atoms with Crippen molar-refractivity contribution < 1.29 is 22.3 Å². The van der Waals surface area contributed by atoms with E-state index in [1.807, 2.05) is 0 Å². The third kappa shape index (κ3) is 4.38. The van der Waals surface area contributed by atoms with Crippen molar-refractivity contribution in [2.75, 3.05) is 10.9 Å². The van der Waals surface area contributed by atoms with Gasteiger partial charge < -0.3 is 5.11 Å². The molecule has 30 heavy (non-hydrogen) atoms. The standard InChI is InChI=1S/C21H22F2N2O3S2/c1-3-18(21-24-14(2)20(29-21)11-12-26)25(19-13-15(22)9-10-17(19)23)30(27,28)16-7-5-4-6-8-16/h4-10,13,18,26H,3,11-12H2,1-2H3. The lowest BCUT2D eigenvalue weighted by atomic mass is 10.2. The first-order valence-corrected chi connectivity index (χ1v) is 11.7. The lowest BCUT2D eigenvalue weighted by Gasteiger charge is -2.31. The molecule has 1 unspecified atom stereocenters. The Morgan fingerprint density at radius 1 is 1.17 bits per heavy atom. The van der Waals surface area contributed by atoms with Crippen LogP contribution in [0.1, 0.15) is 35.0 Å². The Hall–Kier alpha value is -2.36. The minimum atomic E-state index is -4.22. The van der Waals surface area contributed by atoms with Crippen LogP contribution in [0.2, 0.25) is 0 Å². The van der Waals surface area contributed by atoms with E-state index in [2.05, 4.69) is 4.98 Å². The van der Waals surface area contributed by atoms with Crippen molar-refractivity contribution >= 4 is 27.0 Å². The fourth-order valence-corrected chi connectivity index (χ4v) is 6.20.